The second kappa shape index (κ2) is 5.37. The van der Waals surface area contributed by atoms with Crippen LogP contribution in [0, 0.1) is 17.3 Å². The lowest BCUT2D eigenvalue weighted by Crippen LogP contribution is -2.56. The van der Waals surface area contributed by atoms with E-state index in [0.717, 1.165) is 32.1 Å². The largest absolute Gasteiger partial charge is 0.461 e. The topological polar surface area (TPSA) is 65.5 Å². The van der Waals surface area contributed by atoms with E-state index in [1.165, 1.54) is 6.42 Å². The molecule has 2 unspecified atom stereocenters. The molecule has 4 aliphatic carbocycles. The first-order valence-electron chi connectivity index (χ1n) is 8.89. The van der Waals surface area contributed by atoms with Crippen LogP contribution in [0.1, 0.15) is 44.2 Å². The van der Waals surface area contributed by atoms with Gasteiger partial charge in [-0.15, -0.1) is 11.6 Å². The van der Waals surface area contributed by atoms with E-state index >= 15 is 0 Å². The minimum absolute atomic E-state index is 0.117. The summed E-state index contributed by atoms with van der Waals surface area (Å²) in [5, 5.41) is 3.97. The molecule has 4 atom stereocenters. The van der Waals surface area contributed by atoms with Crippen LogP contribution in [0.3, 0.4) is 0 Å². The molecule has 0 saturated heterocycles. The summed E-state index contributed by atoms with van der Waals surface area (Å²) in [6, 6.07) is 5.33. The van der Waals surface area contributed by atoms with Gasteiger partial charge < -0.3 is 13.7 Å². The lowest BCUT2D eigenvalue weighted by molar-refractivity contribution is -0.171. The number of carbonyl (C=O) groups is 1. The van der Waals surface area contributed by atoms with Crippen LogP contribution in [0.5, 0.6) is 0 Å². The van der Waals surface area contributed by atoms with Gasteiger partial charge in [0.2, 0.25) is 5.76 Å². The molecule has 6 heteroatoms. The SMILES string of the molecule is O=C(OCc1cc(-c2ccco2)on1)C12C[C@@H]3C[C@@H](CC(Cl)(C3)C1)C2. The van der Waals surface area contributed by atoms with Crippen LogP contribution < -0.4 is 0 Å². The summed E-state index contributed by atoms with van der Waals surface area (Å²) >= 11 is 6.80. The van der Waals surface area contributed by atoms with Crippen molar-refractivity contribution in [2.75, 3.05) is 0 Å². The van der Waals surface area contributed by atoms with Crippen molar-refractivity contribution in [1.29, 1.82) is 0 Å². The lowest BCUT2D eigenvalue weighted by atomic mass is 9.49. The quantitative estimate of drug-likeness (QED) is 0.590. The average molecular weight is 362 g/mol. The van der Waals surface area contributed by atoms with E-state index in [1.54, 1.807) is 24.5 Å². The molecule has 0 aromatic carbocycles. The summed E-state index contributed by atoms with van der Waals surface area (Å²) in [7, 11) is 0. The van der Waals surface area contributed by atoms with Gasteiger partial charge in [-0.05, 0) is 62.5 Å². The number of esters is 1. The first kappa shape index (κ1) is 15.5. The first-order valence-corrected chi connectivity index (χ1v) is 9.27. The van der Waals surface area contributed by atoms with Crippen LogP contribution in [-0.4, -0.2) is 16.0 Å². The van der Waals surface area contributed by atoms with Gasteiger partial charge in [0.25, 0.3) is 0 Å². The van der Waals surface area contributed by atoms with Gasteiger partial charge in [-0.25, -0.2) is 0 Å². The number of carbonyl (C=O) groups excluding carboxylic acids is 1. The number of alkyl halides is 1. The molecular weight excluding hydrogens is 342 g/mol. The molecule has 0 radical (unpaired) electrons. The minimum Gasteiger partial charge on any atom is -0.461 e. The maximum Gasteiger partial charge on any atom is 0.312 e. The van der Waals surface area contributed by atoms with Crippen molar-refractivity contribution in [2.24, 2.45) is 17.3 Å². The van der Waals surface area contributed by atoms with Crippen LogP contribution >= 0.6 is 11.6 Å². The van der Waals surface area contributed by atoms with Crippen molar-refractivity contribution in [3.05, 3.63) is 30.2 Å². The van der Waals surface area contributed by atoms with E-state index in [1.807, 2.05) is 0 Å². The molecule has 5 nitrogen and oxygen atoms in total. The second-order valence-corrected chi connectivity index (χ2v) is 8.93. The molecule has 0 aliphatic heterocycles. The molecule has 2 aromatic rings. The fourth-order valence-electron chi connectivity index (χ4n) is 5.60. The Labute approximate surface area is 150 Å². The van der Waals surface area contributed by atoms with E-state index in [2.05, 4.69) is 5.16 Å². The molecule has 25 heavy (non-hydrogen) atoms. The molecule has 4 fully saturated rings. The molecule has 2 aromatic heterocycles. The number of halogens is 1. The van der Waals surface area contributed by atoms with Gasteiger partial charge in [-0.1, -0.05) is 5.16 Å². The monoisotopic (exact) mass is 361 g/mol. The normalized spacial score (nSPS) is 35.9. The number of aromatic nitrogens is 1. The van der Waals surface area contributed by atoms with Crippen molar-refractivity contribution in [1.82, 2.24) is 5.16 Å². The zero-order valence-corrected chi connectivity index (χ0v) is 14.6. The van der Waals surface area contributed by atoms with Crippen molar-refractivity contribution >= 4 is 17.6 Å². The summed E-state index contributed by atoms with van der Waals surface area (Å²) in [6.45, 7) is 0.120. The van der Waals surface area contributed by atoms with E-state index in [-0.39, 0.29) is 22.9 Å². The third-order valence-corrected chi connectivity index (χ3v) is 6.54. The highest BCUT2D eigenvalue weighted by Crippen LogP contribution is 2.64. The first-order chi connectivity index (χ1) is 12.0. The fourth-order valence-corrected chi connectivity index (χ4v) is 6.29. The zero-order valence-electron chi connectivity index (χ0n) is 13.9. The van der Waals surface area contributed by atoms with Crippen molar-refractivity contribution < 1.29 is 18.5 Å². The second-order valence-electron chi connectivity index (χ2n) is 8.13. The van der Waals surface area contributed by atoms with E-state index < -0.39 is 0 Å². The lowest BCUT2D eigenvalue weighted by Gasteiger charge is -2.58. The molecule has 0 amide bonds. The van der Waals surface area contributed by atoms with Crippen molar-refractivity contribution in [3.8, 4) is 11.5 Å². The number of ether oxygens (including phenoxy) is 1. The molecule has 6 rings (SSSR count). The third-order valence-electron chi connectivity index (χ3n) is 6.10. The maximum absolute atomic E-state index is 12.9. The smallest absolute Gasteiger partial charge is 0.312 e. The summed E-state index contributed by atoms with van der Waals surface area (Å²) in [5.41, 5.74) is 0.199. The number of hydrogen-bond acceptors (Lipinski definition) is 5. The Balaban J connectivity index is 1.28. The fraction of sp³-hybridized carbons (Fsp3) is 0.579. The number of hydrogen-bond donors (Lipinski definition) is 0. The molecule has 0 spiro atoms. The summed E-state index contributed by atoms with van der Waals surface area (Å²) in [4.78, 5) is 12.7. The van der Waals surface area contributed by atoms with E-state index in [9.17, 15) is 4.79 Å². The van der Waals surface area contributed by atoms with Crippen LogP contribution in [0.4, 0.5) is 0 Å². The van der Waals surface area contributed by atoms with E-state index in [4.69, 9.17) is 25.3 Å². The van der Waals surface area contributed by atoms with Crippen LogP contribution in [0.15, 0.2) is 33.4 Å². The number of furan rings is 1. The Bertz CT molecular complexity index is 782. The Morgan fingerprint density at radius 2 is 2.08 bits per heavy atom. The molecular formula is C19H20ClNO4. The molecule has 0 N–H and O–H groups in total. The summed E-state index contributed by atoms with van der Waals surface area (Å²) in [6.07, 6.45) is 7.50. The standard InChI is InChI=1S/C19H20ClNO4/c20-19-8-12-4-13(9-19)7-18(6-12,11-19)17(22)24-10-14-5-16(25-21-14)15-2-1-3-23-15/h1-3,5,12-13H,4,6-11H2/t12-,13+,18?,19?. The van der Waals surface area contributed by atoms with Crippen LogP contribution in [0.25, 0.3) is 11.5 Å². The van der Waals surface area contributed by atoms with Crippen LogP contribution in [0.2, 0.25) is 0 Å². The molecule has 4 saturated carbocycles. The predicted octanol–water partition coefficient (Wildman–Crippen LogP) is 4.56. The minimum atomic E-state index is -0.389. The van der Waals surface area contributed by atoms with Gasteiger partial charge in [-0.2, -0.15) is 0 Å². The predicted molar refractivity (Wildman–Crippen MR) is 89.7 cm³/mol. The highest BCUT2D eigenvalue weighted by molar-refractivity contribution is 6.24. The Hall–Kier alpha value is -1.75. The Kier molecular flexibility index (Phi) is 3.33. The summed E-state index contributed by atoms with van der Waals surface area (Å²) in [5.74, 6) is 2.17. The maximum atomic E-state index is 12.9. The highest BCUT2D eigenvalue weighted by Gasteiger charge is 2.60. The van der Waals surface area contributed by atoms with Gasteiger partial charge in [0.1, 0.15) is 12.3 Å². The molecule has 132 valence electrons. The summed E-state index contributed by atoms with van der Waals surface area (Å²) < 4.78 is 16.2. The number of rotatable bonds is 4. The van der Waals surface area contributed by atoms with Gasteiger partial charge in [0.15, 0.2) is 5.76 Å². The molecule has 4 aliphatic rings. The Morgan fingerprint density at radius 3 is 2.76 bits per heavy atom. The highest BCUT2D eigenvalue weighted by atomic mass is 35.5. The van der Waals surface area contributed by atoms with Gasteiger partial charge >= 0.3 is 5.97 Å². The van der Waals surface area contributed by atoms with Crippen LogP contribution in [-0.2, 0) is 16.1 Å². The number of nitrogens with zero attached hydrogens (tertiary/aromatic N) is 1. The van der Waals surface area contributed by atoms with Gasteiger partial charge in [0.05, 0.1) is 11.7 Å². The van der Waals surface area contributed by atoms with Crippen molar-refractivity contribution in [3.63, 3.8) is 0 Å². The molecule has 4 bridgehead atoms. The van der Waals surface area contributed by atoms with Crippen molar-refractivity contribution in [2.45, 2.75) is 50.0 Å². The zero-order chi connectivity index (χ0) is 17.1. The van der Waals surface area contributed by atoms with E-state index in [0.29, 0.717) is 29.1 Å². The molecule has 2 heterocycles. The van der Waals surface area contributed by atoms with Gasteiger partial charge in [-0.3, -0.25) is 4.79 Å². The average Bonchev–Trinajstić information content (AvgIpc) is 3.21. The Morgan fingerprint density at radius 1 is 1.28 bits per heavy atom. The third kappa shape index (κ3) is 2.60. The van der Waals surface area contributed by atoms with Gasteiger partial charge in [0, 0.05) is 10.9 Å².